The number of aromatic nitrogens is 2. The van der Waals surface area contributed by atoms with Gasteiger partial charge in [0.05, 0.1) is 17.7 Å². The number of hydrogen-bond acceptors (Lipinski definition) is 4. The summed E-state index contributed by atoms with van der Waals surface area (Å²) < 4.78 is 0. The average molecular weight is 361 g/mol. The molecule has 5 nitrogen and oxygen atoms in total. The van der Waals surface area contributed by atoms with Crippen LogP contribution in [0.25, 0.3) is 10.8 Å². The van der Waals surface area contributed by atoms with E-state index in [1.165, 1.54) is 5.56 Å². The van der Waals surface area contributed by atoms with Crippen molar-refractivity contribution >= 4 is 16.7 Å². The van der Waals surface area contributed by atoms with E-state index in [9.17, 15) is 9.90 Å². The molecule has 3 aromatic rings. The number of carboxylic acid groups (broad SMARTS) is 1. The van der Waals surface area contributed by atoms with Gasteiger partial charge >= 0.3 is 5.97 Å². The highest BCUT2D eigenvalue weighted by Crippen LogP contribution is 2.33. The standard InChI is InChI=1S/C22H23N3O2/c1-15-2-5-20(24-13-15)21(25-10-7-16(8-11-25)22(26)27)18-3-4-19-14-23-9-6-17(19)12-18/h2-6,9,12-14,16,21H,7-8,10-11H2,1H3,(H,26,27). The van der Waals surface area contributed by atoms with Crippen molar-refractivity contribution in [3.05, 3.63) is 71.8 Å². The molecule has 1 unspecified atom stereocenters. The Bertz CT molecular complexity index is 947. The van der Waals surface area contributed by atoms with Crippen LogP contribution >= 0.6 is 0 Å². The SMILES string of the molecule is Cc1ccc(C(c2ccc3cnccc3c2)N2CCC(C(=O)O)CC2)nc1. The van der Waals surface area contributed by atoms with Crippen LogP contribution in [-0.4, -0.2) is 39.0 Å². The molecule has 27 heavy (non-hydrogen) atoms. The summed E-state index contributed by atoms with van der Waals surface area (Å²) in [6.45, 7) is 3.55. The monoisotopic (exact) mass is 361 g/mol. The summed E-state index contributed by atoms with van der Waals surface area (Å²) >= 11 is 0. The molecule has 3 heterocycles. The number of rotatable bonds is 4. The molecule has 0 aliphatic carbocycles. The zero-order chi connectivity index (χ0) is 18.8. The fourth-order valence-corrected chi connectivity index (χ4v) is 3.89. The Morgan fingerprint density at radius 1 is 1.11 bits per heavy atom. The number of pyridine rings is 2. The van der Waals surface area contributed by atoms with Crippen LogP contribution in [0.4, 0.5) is 0 Å². The van der Waals surface area contributed by atoms with Gasteiger partial charge in [0.1, 0.15) is 0 Å². The van der Waals surface area contributed by atoms with Crippen LogP contribution < -0.4 is 0 Å². The van der Waals surface area contributed by atoms with Gasteiger partial charge in [-0.15, -0.1) is 0 Å². The highest BCUT2D eigenvalue weighted by Gasteiger charge is 2.30. The number of carbonyl (C=O) groups is 1. The van der Waals surface area contributed by atoms with Crippen LogP contribution in [0.1, 0.15) is 35.7 Å². The molecule has 5 heteroatoms. The summed E-state index contributed by atoms with van der Waals surface area (Å²) in [5, 5.41) is 11.6. The Morgan fingerprint density at radius 3 is 2.63 bits per heavy atom. The van der Waals surface area contributed by atoms with Gasteiger partial charge in [0.25, 0.3) is 0 Å². The molecule has 0 radical (unpaired) electrons. The molecule has 0 saturated carbocycles. The number of likely N-dealkylation sites (tertiary alicyclic amines) is 1. The Kier molecular flexibility index (Phi) is 4.86. The minimum atomic E-state index is -0.683. The smallest absolute Gasteiger partial charge is 0.306 e. The van der Waals surface area contributed by atoms with Gasteiger partial charge in [-0.05, 0) is 67.6 Å². The van der Waals surface area contributed by atoms with Gasteiger partial charge < -0.3 is 5.11 Å². The van der Waals surface area contributed by atoms with E-state index in [1.54, 1.807) is 0 Å². The third-order valence-corrected chi connectivity index (χ3v) is 5.44. The lowest BCUT2D eigenvalue weighted by molar-refractivity contribution is -0.143. The van der Waals surface area contributed by atoms with E-state index in [0.717, 1.165) is 35.1 Å². The van der Waals surface area contributed by atoms with Crippen LogP contribution in [-0.2, 0) is 4.79 Å². The second-order valence-corrected chi connectivity index (χ2v) is 7.29. The molecule has 1 aliphatic rings. The molecule has 0 bridgehead atoms. The predicted molar refractivity (Wildman–Crippen MR) is 104 cm³/mol. The van der Waals surface area contributed by atoms with Crippen LogP contribution in [0.3, 0.4) is 0 Å². The number of piperidine rings is 1. The third-order valence-electron chi connectivity index (χ3n) is 5.44. The molecule has 1 aliphatic heterocycles. The van der Waals surface area contributed by atoms with E-state index in [0.29, 0.717) is 12.8 Å². The quantitative estimate of drug-likeness (QED) is 0.765. The van der Waals surface area contributed by atoms with Crippen LogP contribution in [0.5, 0.6) is 0 Å². The van der Waals surface area contributed by atoms with Crippen molar-refractivity contribution < 1.29 is 9.90 Å². The van der Waals surface area contributed by atoms with Crippen molar-refractivity contribution in [2.24, 2.45) is 5.92 Å². The van der Waals surface area contributed by atoms with Crippen molar-refractivity contribution in [3.8, 4) is 0 Å². The first-order chi connectivity index (χ1) is 13.1. The summed E-state index contributed by atoms with van der Waals surface area (Å²) in [6.07, 6.45) is 6.93. The molecule has 1 atom stereocenters. The van der Waals surface area contributed by atoms with Crippen LogP contribution in [0.2, 0.25) is 0 Å². The van der Waals surface area contributed by atoms with Crippen molar-refractivity contribution in [3.63, 3.8) is 0 Å². The van der Waals surface area contributed by atoms with Gasteiger partial charge in [-0.3, -0.25) is 19.7 Å². The molecule has 138 valence electrons. The maximum atomic E-state index is 11.3. The summed E-state index contributed by atoms with van der Waals surface area (Å²) in [5.41, 5.74) is 3.31. The predicted octanol–water partition coefficient (Wildman–Crippen LogP) is 3.82. The summed E-state index contributed by atoms with van der Waals surface area (Å²) in [5.74, 6) is -0.923. The summed E-state index contributed by atoms with van der Waals surface area (Å²) in [6, 6.07) is 12.7. The molecule has 1 N–H and O–H groups in total. The van der Waals surface area contributed by atoms with Crippen molar-refractivity contribution in [1.29, 1.82) is 0 Å². The van der Waals surface area contributed by atoms with Gasteiger partial charge in [0.15, 0.2) is 0 Å². The van der Waals surface area contributed by atoms with Gasteiger partial charge in [-0.1, -0.05) is 18.2 Å². The molecule has 0 spiro atoms. The first-order valence-corrected chi connectivity index (χ1v) is 9.35. The number of aliphatic carboxylic acids is 1. The van der Waals surface area contributed by atoms with Gasteiger partial charge in [-0.25, -0.2) is 0 Å². The van der Waals surface area contributed by atoms with Gasteiger partial charge in [0, 0.05) is 24.0 Å². The Labute approximate surface area is 158 Å². The summed E-state index contributed by atoms with van der Waals surface area (Å²) in [4.78, 5) is 22.6. The third kappa shape index (κ3) is 3.69. The molecule has 1 fully saturated rings. The second kappa shape index (κ2) is 7.45. The minimum absolute atomic E-state index is 0.0258. The first kappa shape index (κ1) is 17.6. The van der Waals surface area contributed by atoms with Crippen molar-refractivity contribution in [2.75, 3.05) is 13.1 Å². The first-order valence-electron chi connectivity index (χ1n) is 9.35. The highest BCUT2D eigenvalue weighted by atomic mass is 16.4. The Hall–Kier alpha value is -2.79. The number of carboxylic acids is 1. The largest absolute Gasteiger partial charge is 0.481 e. The minimum Gasteiger partial charge on any atom is -0.481 e. The lowest BCUT2D eigenvalue weighted by atomic mass is 9.92. The maximum Gasteiger partial charge on any atom is 0.306 e. The van der Waals surface area contributed by atoms with Gasteiger partial charge in [0.2, 0.25) is 0 Å². The highest BCUT2D eigenvalue weighted by molar-refractivity contribution is 5.82. The molecule has 1 aromatic carbocycles. The topological polar surface area (TPSA) is 66.3 Å². The number of hydrogen-bond donors (Lipinski definition) is 1. The Morgan fingerprint density at radius 2 is 1.93 bits per heavy atom. The molecule has 2 aromatic heterocycles. The van der Waals surface area contributed by atoms with E-state index in [2.05, 4.69) is 40.2 Å². The van der Waals surface area contributed by atoms with Crippen molar-refractivity contribution in [2.45, 2.75) is 25.8 Å². The lowest BCUT2D eigenvalue weighted by Crippen LogP contribution is -2.39. The molecule has 1 saturated heterocycles. The van der Waals surface area contributed by atoms with E-state index in [4.69, 9.17) is 4.98 Å². The molecule has 0 amide bonds. The second-order valence-electron chi connectivity index (χ2n) is 7.29. The fourth-order valence-electron chi connectivity index (χ4n) is 3.89. The Balaban J connectivity index is 1.71. The lowest BCUT2D eigenvalue weighted by Gasteiger charge is -2.36. The fraction of sp³-hybridized carbons (Fsp3) is 0.318. The van der Waals surface area contributed by atoms with Gasteiger partial charge in [-0.2, -0.15) is 0 Å². The van der Waals surface area contributed by atoms with Crippen LogP contribution in [0.15, 0.2) is 55.0 Å². The van der Waals surface area contributed by atoms with E-state index in [-0.39, 0.29) is 12.0 Å². The zero-order valence-corrected chi connectivity index (χ0v) is 15.4. The molecular formula is C22H23N3O2. The molecule has 4 rings (SSSR count). The number of aryl methyl sites for hydroxylation is 1. The van der Waals surface area contributed by atoms with Crippen LogP contribution in [0, 0.1) is 12.8 Å². The maximum absolute atomic E-state index is 11.3. The zero-order valence-electron chi connectivity index (χ0n) is 15.4. The normalized spacial score (nSPS) is 17.1. The van der Waals surface area contributed by atoms with E-state index in [1.807, 2.05) is 31.6 Å². The molecular weight excluding hydrogens is 338 g/mol. The number of nitrogens with zero attached hydrogens (tertiary/aromatic N) is 3. The number of fused-ring (bicyclic) bond motifs is 1. The van der Waals surface area contributed by atoms with E-state index < -0.39 is 5.97 Å². The van der Waals surface area contributed by atoms with E-state index >= 15 is 0 Å². The van der Waals surface area contributed by atoms with Crippen molar-refractivity contribution in [1.82, 2.24) is 14.9 Å². The summed E-state index contributed by atoms with van der Waals surface area (Å²) in [7, 11) is 0. The average Bonchev–Trinajstić information content (AvgIpc) is 2.70. The number of benzene rings is 1.